The summed E-state index contributed by atoms with van der Waals surface area (Å²) >= 11 is 0. The van der Waals surface area contributed by atoms with E-state index in [1.807, 2.05) is 0 Å². The Bertz CT molecular complexity index is 13.5. The Morgan fingerprint density at radius 3 is 1.25 bits per heavy atom. The molecule has 0 aliphatic rings. The van der Waals surface area contributed by atoms with Gasteiger partial charge in [0.2, 0.25) is 0 Å². The van der Waals surface area contributed by atoms with Crippen molar-refractivity contribution in [3.05, 3.63) is 0 Å². The molecule has 0 rings (SSSR count). The van der Waals surface area contributed by atoms with E-state index in [2.05, 4.69) is 0 Å². The minimum atomic E-state index is 0. The molecule has 0 unspecified atom stereocenters. The Balaban J connectivity index is 0. The molecule has 0 aliphatic heterocycles. The van der Waals surface area contributed by atoms with E-state index in [1.54, 1.807) is 0 Å². The van der Waals surface area contributed by atoms with Gasteiger partial charge in [-0.15, -0.1) is 0 Å². The molecule has 0 N–H and O–H groups in total. The summed E-state index contributed by atoms with van der Waals surface area (Å²) in [5, 5.41) is 0. The van der Waals surface area contributed by atoms with Crippen molar-refractivity contribution >= 4 is 66.3 Å². The maximum Gasteiger partial charge on any atom is 2.00 e. The Morgan fingerprint density at radius 2 is 1.25 bits per heavy atom. The van der Waals surface area contributed by atoms with Gasteiger partial charge in [-0.1, -0.05) is 0 Å². The van der Waals surface area contributed by atoms with Gasteiger partial charge in [0.15, 0.2) is 17.4 Å². The van der Waals surface area contributed by atoms with E-state index in [-0.39, 0.29) is 88.6 Å². The first-order chi connectivity index (χ1) is 0. The Morgan fingerprint density at radius 1 is 1.25 bits per heavy atom. The molecule has 0 saturated carbocycles. The zero-order chi connectivity index (χ0) is 0. The van der Waals surface area contributed by atoms with E-state index in [0.29, 0.717) is 0 Å². The van der Waals surface area contributed by atoms with Crippen molar-refractivity contribution in [3.8, 4) is 0 Å². The van der Waals surface area contributed by atoms with Crippen LogP contribution in [-0.4, -0.2) is 66.3 Å². The molecule has 0 fully saturated rings. The molecule has 0 nitrogen and oxygen atoms in total. The summed E-state index contributed by atoms with van der Waals surface area (Å²) in [6.45, 7) is 0. The van der Waals surface area contributed by atoms with Crippen molar-refractivity contribution in [2.24, 2.45) is 0 Å². The van der Waals surface area contributed by atoms with Crippen LogP contribution in [0.25, 0.3) is 0 Å². The van der Waals surface area contributed by atoms with Gasteiger partial charge in [-0.3, -0.25) is 0 Å². The molecular formula is H8AlInMgZn. The molecule has 0 aliphatic carbocycles. The van der Waals surface area contributed by atoms with Gasteiger partial charge in [0.1, 0.15) is 0 Å². The van der Waals surface area contributed by atoms with E-state index in [1.165, 1.54) is 0 Å². The Kier molecular flexibility index (Phi) is 125. The van der Waals surface area contributed by atoms with Crippen molar-refractivity contribution in [1.82, 2.24) is 0 Å². The van der Waals surface area contributed by atoms with Gasteiger partial charge in [-0.25, -0.2) is 0 Å². The first-order valence-electron chi connectivity index (χ1n) is 0. The third kappa shape index (κ3) is 8.84. The van der Waals surface area contributed by atoms with E-state index in [4.69, 9.17) is 0 Å². The average Bonchev–Trinajstić information content (AvgIpc) is 0. The summed E-state index contributed by atoms with van der Waals surface area (Å²) in [5.41, 5.74) is 0. The molecule has 0 aromatic rings. The average molecular weight is 240 g/mol. The summed E-state index contributed by atoms with van der Waals surface area (Å²) in [5.74, 6) is 0. The van der Waals surface area contributed by atoms with Gasteiger partial charge in [0, 0.05) is 19.5 Å². The van der Waals surface area contributed by atoms with Crippen LogP contribution < -0.4 is 0 Å². The van der Waals surface area contributed by atoms with Crippen LogP contribution in [0.4, 0.5) is 0 Å². The van der Waals surface area contributed by atoms with Crippen molar-refractivity contribution in [1.29, 1.82) is 0 Å². The van der Waals surface area contributed by atoms with Crippen molar-refractivity contribution < 1.29 is 22.3 Å². The van der Waals surface area contributed by atoms with Gasteiger partial charge in [-0.05, 0) is 0 Å². The number of rotatable bonds is 0. The maximum absolute atomic E-state index is 0. The Labute approximate surface area is 87.3 Å². The van der Waals surface area contributed by atoms with Crippen molar-refractivity contribution in [3.63, 3.8) is 0 Å². The molecule has 4 heavy (non-hydrogen) atoms. The van der Waals surface area contributed by atoms with Crippen LogP contribution in [-0.2, 0) is 19.5 Å². The smallest absolute Gasteiger partial charge is 0 e. The van der Waals surface area contributed by atoms with E-state index in [9.17, 15) is 0 Å². The molecule has 18 valence electrons. The molecule has 0 spiro atoms. The maximum atomic E-state index is 0. The molecular weight excluding hydrogens is 231 g/mol. The topological polar surface area (TPSA) is 0 Å². The number of hydrogen-bond donors (Lipinski definition) is 0. The first-order valence-corrected chi connectivity index (χ1v) is 0. The summed E-state index contributed by atoms with van der Waals surface area (Å²) in [6.07, 6.45) is 0. The standard InChI is InChI=1S/Al.In.Mg.Zn.8H/q;;+2;;;;;;;;2*-1. The van der Waals surface area contributed by atoms with Crippen LogP contribution in [0.5, 0.6) is 0 Å². The second-order valence-corrected chi connectivity index (χ2v) is 0. The zero-order valence-corrected chi connectivity index (χ0v) is 5.80. The summed E-state index contributed by atoms with van der Waals surface area (Å²) in [6, 6.07) is 0. The van der Waals surface area contributed by atoms with Gasteiger partial charge in [0.25, 0.3) is 0 Å². The van der Waals surface area contributed by atoms with Gasteiger partial charge >= 0.3 is 48.9 Å². The van der Waals surface area contributed by atoms with Crippen LogP contribution in [0.3, 0.4) is 0 Å². The molecule has 0 bridgehead atoms. The zero-order valence-electron chi connectivity index (χ0n) is 3.41. The van der Waals surface area contributed by atoms with Crippen molar-refractivity contribution in [2.75, 3.05) is 0 Å². The fraction of sp³-hybridized carbons (Fsp3) is 0. The van der Waals surface area contributed by atoms with E-state index < -0.39 is 0 Å². The molecule has 0 radical (unpaired) electrons. The monoisotopic (exact) mass is 238 g/mol. The fourth-order valence-corrected chi connectivity index (χ4v) is 0. The third-order valence-electron chi connectivity index (χ3n) is 0. The molecule has 0 heterocycles. The predicted molar refractivity (Wildman–Crippen MR) is 27.9 cm³/mol. The minimum absolute atomic E-state index is 0. The molecule has 0 saturated heterocycles. The summed E-state index contributed by atoms with van der Waals surface area (Å²) in [7, 11) is 0. The van der Waals surface area contributed by atoms with Crippen LogP contribution in [0.15, 0.2) is 0 Å². The largest absolute Gasteiger partial charge is 2.00 e. The minimum Gasteiger partial charge on any atom is 0 e. The van der Waals surface area contributed by atoms with Crippen LogP contribution in [0.1, 0.15) is 2.85 Å². The van der Waals surface area contributed by atoms with Gasteiger partial charge < -0.3 is 2.85 Å². The quantitative estimate of drug-likeness (QED) is 0.409. The summed E-state index contributed by atoms with van der Waals surface area (Å²) in [4.78, 5) is 0. The molecule has 0 amide bonds. The molecule has 0 aromatic carbocycles. The van der Waals surface area contributed by atoms with E-state index >= 15 is 0 Å². The van der Waals surface area contributed by atoms with Gasteiger partial charge in [-0.2, -0.15) is 0 Å². The van der Waals surface area contributed by atoms with E-state index in [0.717, 1.165) is 0 Å². The van der Waals surface area contributed by atoms with Crippen LogP contribution >= 0.6 is 0 Å². The summed E-state index contributed by atoms with van der Waals surface area (Å²) < 4.78 is 0. The van der Waals surface area contributed by atoms with Gasteiger partial charge in [0.05, 0.1) is 0 Å². The predicted octanol–water partition coefficient (Wildman–Crippen LogP) is -2.53. The molecule has 0 aromatic heterocycles. The third-order valence-corrected chi connectivity index (χ3v) is 0. The second kappa shape index (κ2) is 17.1. The first kappa shape index (κ1) is 29.2. The fourth-order valence-electron chi connectivity index (χ4n) is 0. The van der Waals surface area contributed by atoms with Crippen LogP contribution in [0, 0.1) is 0 Å². The second-order valence-electron chi connectivity index (χ2n) is 0. The molecule has 0 atom stereocenters. The van der Waals surface area contributed by atoms with Crippen LogP contribution in [0.2, 0.25) is 0 Å². The van der Waals surface area contributed by atoms with Crippen molar-refractivity contribution in [2.45, 2.75) is 0 Å². The molecule has 4 heteroatoms. The Hall–Kier alpha value is 2.79. The number of hydrogen-bond acceptors (Lipinski definition) is 0. The SMILES string of the molecule is [AlH3].[H-].[H-].[InH3].[Mg+2].[Zn]. The normalized spacial score (nSPS) is 0.